The largest absolute Gasteiger partial charge is 0.444 e. The summed E-state index contributed by atoms with van der Waals surface area (Å²) < 4.78 is 5.36. The van der Waals surface area contributed by atoms with Crippen LogP contribution in [-0.4, -0.2) is 59.3 Å². The molecular formula is C26H43N3O5. The van der Waals surface area contributed by atoms with Gasteiger partial charge in [-0.05, 0) is 52.0 Å². The van der Waals surface area contributed by atoms with Crippen molar-refractivity contribution in [2.75, 3.05) is 19.7 Å². The number of alkyl carbamates (subject to hydrolysis) is 1. The lowest BCUT2D eigenvalue weighted by Gasteiger charge is -2.34. The fourth-order valence-corrected chi connectivity index (χ4v) is 3.62. The quantitative estimate of drug-likeness (QED) is 0.398. The first kappa shape index (κ1) is 29.4. The van der Waals surface area contributed by atoms with Crippen LogP contribution in [0.1, 0.15) is 78.0 Å². The molecule has 2 unspecified atom stereocenters. The Morgan fingerprint density at radius 3 is 2.38 bits per heavy atom. The van der Waals surface area contributed by atoms with E-state index in [4.69, 9.17) is 4.74 Å². The number of carbonyl (C=O) groups is 3. The number of nitrogens with one attached hydrogen (secondary N) is 2. The van der Waals surface area contributed by atoms with Gasteiger partial charge in [-0.2, -0.15) is 0 Å². The fraction of sp³-hybridized carbons (Fsp3) is 0.654. The fourth-order valence-electron chi connectivity index (χ4n) is 3.62. The summed E-state index contributed by atoms with van der Waals surface area (Å²) in [5.74, 6) is -0.664. The van der Waals surface area contributed by atoms with Gasteiger partial charge in [-0.15, -0.1) is 0 Å². The second-order valence-electron chi connectivity index (χ2n) is 10.0. The second kappa shape index (κ2) is 13.9. The number of ether oxygens (including phenoxy) is 1. The third-order valence-electron chi connectivity index (χ3n) is 5.07. The van der Waals surface area contributed by atoms with E-state index in [0.29, 0.717) is 18.5 Å². The van der Waals surface area contributed by atoms with Crippen molar-refractivity contribution in [3.8, 4) is 0 Å². The van der Waals surface area contributed by atoms with Crippen LogP contribution in [0, 0.1) is 12.8 Å². The number of unbranched alkanes of at least 4 members (excludes halogenated alkanes) is 1. The van der Waals surface area contributed by atoms with Gasteiger partial charge < -0.3 is 25.4 Å². The van der Waals surface area contributed by atoms with E-state index in [-0.39, 0.29) is 25.0 Å². The Kier molecular flexibility index (Phi) is 12.1. The minimum atomic E-state index is -0.938. The molecule has 0 aliphatic rings. The molecule has 1 aromatic rings. The van der Waals surface area contributed by atoms with Crippen LogP contribution in [0.15, 0.2) is 24.3 Å². The first-order chi connectivity index (χ1) is 15.9. The van der Waals surface area contributed by atoms with Crippen molar-refractivity contribution >= 4 is 17.9 Å². The van der Waals surface area contributed by atoms with Crippen molar-refractivity contribution in [1.29, 1.82) is 0 Å². The molecule has 0 aliphatic heterocycles. The summed E-state index contributed by atoms with van der Waals surface area (Å²) in [7, 11) is 0. The molecule has 0 fully saturated rings. The maximum absolute atomic E-state index is 13.8. The van der Waals surface area contributed by atoms with Gasteiger partial charge in [0.15, 0.2) is 0 Å². The lowest BCUT2D eigenvalue weighted by atomic mass is 9.98. The van der Waals surface area contributed by atoms with E-state index in [1.54, 1.807) is 26.8 Å². The number of hydrogen-bond acceptors (Lipinski definition) is 5. The van der Waals surface area contributed by atoms with Crippen molar-refractivity contribution in [2.24, 2.45) is 5.92 Å². The van der Waals surface area contributed by atoms with Crippen LogP contribution >= 0.6 is 0 Å². The zero-order valence-corrected chi connectivity index (χ0v) is 21.8. The molecule has 0 saturated heterocycles. The number of aryl methyl sites for hydroxylation is 1. The number of benzene rings is 1. The molecule has 8 heteroatoms. The third kappa shape index (κ3) is 10.1. The highest BCUT2D eigenvalue weighted by Gasteiger charge is 2.36. The number of hydrogen-bond donors (Lipinski definition) is 3. The van der Waals surface area contributed by atoms with Crippen LogP contribution in [0.5, 0.6) is 0 Å². The van der Waals surface area contributed by atoms with Crippen molar-refractivity contribution < 1.29 is 24.2 Å². The molecule has 0 bridgehead atoms. The normalized spacial score (nSPS) is 13.2. The predicted octanol–water partition coefficient (Wildman–Crippen LogP) is 3.71. The molecule has 1 aromatic carbocycles. The summed E-state index contributed by atoms with van der Waals surface area (Å²) in [6.07, 6.45) is 1.40. The van der Waals surface area contributed by atoms with E-state index in [1.807, 2.05) is 45.9 Å². The summed E-state index contributed by atoms with van der Waals surface area (Å²) in [5, 5.41) is 15.4. The monoisotopic (exact) mass is 477 g/mol. The average Bonchev–Trinajstić information content (AvgIpc) is 2.71. The zero-order chi connectivity index (χ0) is 25.9. The van der Waals surface area contributed by atoms with Crippen LogP contribution in [-0.2, 0) is 14.3 Å². The van der Waals surface area contributed by atoms with Crippen LogP contribution < -0.4 is 10.6 Å². The number of carbonyl (C=O) groups excluding carboxylic acids is 3. The Hall–Kier alpha value is -2.61. The van der Waals surface area contributed by atoms with E-state index in [1.165, 1.54) is 4.90 Å². The molecule has 1 rings (SSSR count). The highest BCUT2D eigenvalue weighted by Crippen LogP contribution is 2.24. The Labute approximate surface area is 204 Å². The number of aliphatic hydroxyl groups excluding tert-OH is 1. The lowest BCUT2D eigenvalue weighted by Crippen LogP contribution is -2.54. The van der Waals surface area contributed by atoms with Gasteiger partial charge in [-0.3, -0.25) is 9.59 Å². The van der Waals surface area contributed by atoms with Crippen LogP contribution in [0.4, 0.5) is 4.79 Å². The van der Waals surface area contributed by atoms with Gasteiger partial charge in [-0.1, -0.05) is 57.0 Å². The van der Waals surface area contributed by atoms with Crippen molar-refractivity contribution in [2.45, 2.75) is 85.4 Å². The van der Waals surface area contributed by atoms with Crippen molar-refractivity contribution in [1.82, 2.24) is 15.5 Å². The van der Waals surface area contributed by atoms with Gasteiger partial charge >= 0.3 is 6.09 Å². The molecule has 8 nitrogen and oxygen atoms in total. The number of amides is 3. The maximum atomic E-state index is 13.8. The SMILES string of the molecule is CCCCNC(=O)C(c1cccc(C)c1)N(CCO)C(=O)C(CC(C)C)NC(=O)OC(C)(C)C. The molecule has 0 heterocycles. The Morgan fingerprint density at radius 1 is 1.18 bits per heavy atom. The lowest BCUT2D eigenvalue weighted by molar-refractivity contribution is -0.143. The standard InChI is InChI=1S/C26H43N3O5/c1-8-9-13-27-23(31)22(20-12-10-11-19(4)17-20)29(14-15-30)24(32)21(16-18(2)3)28-25(33)34-26(5,6)7/h10-12,17-18,21-22,30H,8-9,13-16H2,1-7H3,(H,27,31)(H,28,33). The highest BCUT2D eigenvalue weighted by molar-refractivity contribution is 5.92. The molecule has 0 aliphatic carbocycles. The number of aliphatic hydroxyl groups is 1. The summed E-state index contributed by atoms with van der Waals surface area (Å²) in [6.45, 7) is 13.2. The van der Waals surface area contributed by atoms with E-state index in [0.717, 1.165) is 18.4 Å². The summed E-state index contributed by atoms with van der Waals surface area (Å²) in [5.41, 5.74) is 0.881. The average molecular weight is 478 g/mol. The summed E-state index contributed by atoms with van der Waals surface area (Å²) in [6, 6.07) is 5.57. The first-order valence-corrected chi connectivity index (χ1v) is 12.1. The van der Waals surface area contributed by atoms with Crippen LogP contribution in [0.3, 0.4) is 0 Å². The maximum Gasteiger partial charge on any atom is 0.408 e. The molecule has 3 amide bonds. The second-order valence-corrected chi connectivity index (χ2v) is 10.0. The Balaban J connectivity index is 3.36. The minimum absolute atomic E-state index is 0.0523. The van der Waals surface area contributed by atoms with Gasteiger partial charge in [0.25, 0.3) is 0 Å². The number of rotatable bonds is 12. The Bertz CT molecular complexity index is 804. The zero-order valence-electron chi connectivity index (χ0n) is 21.8. The Morgan fingerprint density at radius 2 is 1.85 bits per heavy atom. The molecule has 34 heavy (non-hydrogen) atoms. The van der Waals surface area contributed by atoms with Crippen LogP contribution in [0.25, 0.3) is 0 Å². The van der Waals surface area contributed by atoms with Crippen molar-refractivity contribution in [3.05, 3.63) is 35.4 Å². The van der Waals surface area contributed by atoms with E-state index < -0.39 is 29.7 Å². The van der Waals surface area contributed by atoms with Gasteiger partial charge in [0.2, 0.25) is 11.8 Å². The third-order valence-corrected chi connectivity index (χ3v) is 5.07. The van der Waals surface area contributed by atoms with Crippen LogP contribution in [0.2, 0.25) is 0 Å². The molecular weight excluding hydrogens is 434 g/mol. The molecule has 0 radical (unpaired) electrons. The molecule has 0 spiro atoms. The number of nitrogens with zero attached hydrogens (tertiary/aromatic N) is 1. The predicted molar refractivity (Wildman–Crippen MR) is 133 cm³/mol. The van der Waals surface area contributed by atoms with Gasteiger partial charge in [-0.25, -0.2) is 4.79 Å². The van der Waals surface area contributed by atoms with E-state index in [2.05, 4.69) is 10.6 Å². The van der Waals surface area contributed by atoms with E-state index >= 15 is 0 Å². The first-order valence-electron chi connectivity index (χ1n) is 12.1. The van der Waals surface area contributed by atoms with Gasteiger partial charge in [0.1, 0.15) is 17.7 Å². The highest BCUT2D eigenvalue weighted by atomic mass is 16.6. The summed E-state index contributed by atoms with van der Waals surface area (Å²) in [4.78, 5) is 40.9. The minimum Gasteiger partial charge on any atom is -0.444 e. The molecule has 0 saturated carbocycles. The molecule has 3 N–H and O–H groups in total. The summed E-state index contributed by atoms with van der Waals surface area (Å²) >= 11 is 0. The smallest absolute Gasteiger partial charge is 0.408 e. The molecule has 2 atom stereocenters. The van der Waals surface area contributed by atoms with E-state index in [9.17, 15) is 19.5 Å². The van der Waals surface area contributed by atoms with Gasteiger partial charge in [0, 0.05) is 13.1 Å². The topological polar surface area (TPSA) is 108 Å². The molecule has 192 valence electrons. The van der Waals surface area contributed by atoms with Crippen molar-refractivity contribution in [3.63, 3.8) is 0 Å². The van der Waals surface area contributed by atoms with Gasteiger partial charge in [0.05, 0.1) is 6.61 Å². The molecule has 0 aromatic heterocycles.